The van der Waals surface area contributed by atoms with Gasteiger partial charge in [-0.25, -0.2) is 4.79 Å². The smallest absolute Gasteiger partial charge is 0.330 e. The lowest BCUT2D eigenvalue weighted by molar-refractivity contribution is -0.181. The Balaban J connectivity index is 2.31. The summed E-state index contributed by atoms with van der Waals surface area (Å²) >= 11 is 0. The average molecular weight is 211 g/mol. The van der Waals surface area contributed by atoms with Crippen LogP contribution in [0, 0.1) is 0 Å². The fourth-order valence-electron chi connectivity index (χ4n) is 1.89. The normalized spacial score (nSPS) is 33.7. The number of nitrogens with zero attached hydrogens (tertiary/aromatic N) is 1. The summed E-state index contributed by atoms with van der Waals surface area (Å²) in [4.78, 5) is 34.7. The van der Waals surface area contributed by atoms with Gasteiger partial charge in [-0.05, 0) is 12.2 Å². The molecule has 2 heterocycles. The number of hydrogen-bond donors (Lipinski definition) is 1. The zero-order chi connectivity index (χ0) is 11.2. The van der Waals surface area contributed by atoms with Crippen molar-refractivity contribution in [2.45, 2.75) is 18.2 Å². The standard InChI is InChI=1S/C9H9NO5/c1-15-7-6-5(11)3-2-4(9(13)14)10(6)8(7)12/h2-4,6-7H,1H3,(H,13,14). The van der Waals surface area contributed by atoms with E-state index in [4.69, 9.17) is 9.84 Å². The number of amides is 1. The molecule has 0 spiro atoms. The second kappa shape index (κ2) is 3.16. The number of hydrogen-bond acceptors (Lipinski definition) is 4. The molecule has 0 radical (unpaired) electrons. The van der Waals surface area contributed by atoms with Gasteiger partial charge < -0.3 is 14.7 Å². The van der Waals surface area contributed by atoms with Crippen molar-refractivity contribution in [3.8, 4) is 0 Å². The van der Waals surface area contributed by atoms with Crippen molar-refractivity contribution < 1.29 is 24.2 Å². The maximum absolute atomic E-state index is 11.4. The van der Waals surface area contributed by atoms with E-state index in [1.165, 1.54) is 19.3 Å². The summed E-state index contributed by atoms with van der Waals surface area (Å²) in [6.07, 6.45) is 1.58. The van der Waals surface area contributed by atoms with Gasteiger partial charge in [0, 0.05) is 7.11 Å². The molecule has 1 N–H and O–H groups in total. The fourth-order valence-corrected chi connectivity index (χ4v) is 1.89. The number of carboxylic acids is 1. The first-order valence-corrected chi connectivity index (χ1v) is 4.37. The topological polar surface area (TPSA) is 83.9 Å². The maximum Gasteiger partial charge on any atom is 0.330 e. The van der Waals surface area contributed by atoms with Crippen LogP contribution >= 0.6 is 0 Å². The van der Waals surface area contributed by atoms with E-state index in [2.05, 4.69) is 0 Å². The largest absolute Gasteiger partial charge is 0.479 e. The number of fused-ring (bicyclic) bond motifs is 1. The van der Waals surface area contributed by atoms with Crippen LogP contribution in [0.1, 0.15) is 0 Å². The van der Waals surface area contributed by atoms with E-state index < -0.39 is 30.1 Å². The molecule has 0 aromatic rings. The van der Waals surface area contributed by atoms with Gasteiger partial charge in [0.25, 0.3) is 5.91 Å². The Kier molecular flexibility index (Phi) is 2.08. The molecule has 1 fully saturated rings. The highest BCUT2D eigenvalue weighted by molar-refractivity contribution is 6.10. The predicted octanol–water partition coefficient (Wildman–Crippen LogP) is -1.20. The molecule has 6 heteroatoms. The molecule has 2 rings (SSSR count). The first-order chi connectivity index (χ1) is 7.07. The number of β-lactam (4-membered cyclic amide) rings is 1. The third kappa shape index (κ3) is 1.18. The van der Waals surface area contributed by atoms with Crippen LogP contribution in [0.5, 0.6) is 0 Å². The van der Waals surface area contributed by atoms with E-state index in [1.54, 1.807) is 0 Å². The number of carboxylic acid groups (broad SMARTS) is 1. The Hall–Kier alpha value is -1.69. The Morgan fingerprint density at radius 1 is 1.53 bits per heavy atom. The van der Waals surface area contributed by atoms with Gasteiger partial charge >= 0.3 is 5.97 Å². The second-order valence-corrected chi connectivity index (χ2v) is 3.39. The molecule has 0 aromatic heterocycles. The Morgan fingerprint density at radius 3 is 2.73 bits per heavy atom. The van der Waals surface area contributed by atoms with Crippen molar-refractivity contribution in [3.63, 3.8) is 0 Å². The Bertz CT molecular complexity index is 375. The van der Waals surface area contributed by atoms with Gasteiger partial charge in [0.15, 0.2) is 11.9 Å². The van der Waals surface area contributed by atoms with Gasteiger partial charge in [0.2, 0.25) is 0 Å². The molecule has 0 aliphatic carbocycles. The third-order valence-electron chi connectivity index (χ3n) is 2.63. The van der Waals surface area contributed by atoms with Crippen LogP contribution in [0.4, 0.5) is 0 Å². The fraction of sp³-hybridized carbons (Fsp3) is 0.444. The number of aliphatic carboxylic acids is 1. The third-order valence-corrected chi connectivity index (χ3v) is 2.63. The minimum atomic E-state index is -1.15. The van der Waals surface area contributed by atoms with E-state index in [1.807, 2.05) is 0 Å². The van der Waals surface area contributed by atoms with Crippen LogP contribution in [0.2, 0.25) is 0 Å². The summed E-state index contributed by atoms with van der Waals surface area (Å²) in [6, 6.07) is -1.82. The number of ether oxygens (including phenoxy) is 1. The minimum Gasteiger partial charge on any atom is -0.479 e. The lowest BCUT2D eigenvalue weighted by atomic mass is 9.87. The van der Waals surface area contributed by atoms with Gasteiger partial charge in [0.1, 0.15) is 12.1 Å². The predicted molar refractivity (Wildman–Crippen MR) is 47.0 cm³/mol. The van der Waals surface area contributed by atoms with E-state index in [0.717, 1.165) is 4.90 Å². The lowest BCUT2D eigenvalue weighted by Crippen LogP contribution is -2.73. The SMILES string of the molecule is COC1C(=O)N2C(C(=O)O)C=CC(=O)C12. The van der Waals surface area contributed by atoms with Crippen molar-refractivity contribution in [2.24, 2.45) is 0 Å². The summed E-state index contributed by atoms with van der Waals surface area (Å²) < 4.78 is 4.83. The summed E-state index contributed by atoms with van der Waals surface area (Å²) in [5.41, 5.74) is 0. The lowest BCUT2D eigenvalue weighted by Gasteiger charge is -2.48. The summed E-state index contributed by atoms with van der Waals surface area (Å²) in [6.45, 7) is 0. The molecule has 3 atom stereocenters. The number of carbonyl (C=O) groups excluding carboxylic acids is 2. The van der Waals surface area contributed by atoms with Gasteiger partial charge in [-0.15, -0.1) is 0 Å². The highest BCUT2D eigenvalue weighted by atomic mass is 16.5. The first kappa shape index (κ1) is 9.85. The molecule has 0 saturated carbocycles. The molecular formula is C9H9NO5. The molecule has 2 aliphatic rings. The molecule has 1 amide bonds. The molecule has 15 heavy (non-hydrogen) atoms. The first-order valence-electron chi connectivity index (χ1n) is 4.37. The molecule has 0 aromatic carbocycles. The molecule has 80 valence electrons. The molecule has 3 unspecified atom stereocenters. The second-order valence-electron chi connectivity index (χ2n) is 3.39. The molecule has 0 bridgehead atoms. The van der Waals surface area contributed by atoms with Gasteiger partial charge in [0.05, 0.1) is 0 Å². The number of rotatable bonds is 2. The van der Waals surface area contributed by atoms with Gasteiger partial charge in [-0.2, -0.15) is 0 Å². The van der Waals surface area contributed by atoms with E-state index >= 15 is 0 Å². The number of ketones is 1. The monoisotopic (exact) mass is 211 g/mol. The van der Waals surface area contributed by atoms with Gasteiger partial charge in [-0.3, -0.25) is 9.59 Å². The highest BCUT2D eigenvalue weighted by Gasteiger charge is 2.56. The summed E-state index contributed by atoms with van der Waals surface area (Å²) in [7, 11) is 1.32. The molecule has 2 aliphatic heterocycles. The van der Waals surface area contributed by atoms with Crippen LogP contribution in [0.3, 0.4) is 0 Å². The van der Waals surface area contributed by atoms with Crippen molar-refractivity contribution in [1.82, 2.24) is 4.90 Å². The highest BCUT2D eigenvalue weighted by Crippen LogP contribution is 2.30. The van der Waals surface area contributed by atoms with Crippen molar-refractivity contribution in [3.05, 3.63) is 12.2 Å². The van der Waals surface area contributed by atoms with E-state index in [9.17, 15) is 14.4 Å². The molecular weight excluding hydrogens is 202 g/mol. The van der Waals surface area contributed by atoms with Crippen LogP contribution in [-0.2, 0) is 19.1 Å². The quantitative estimate of drug-likeness (QED) is 0.580. The van der Waals surface area contributed by atoms with Crippen molar-refractivity contribution in [2.75, 3.05) is 7.11 Å². The number of methoxy groups -OCH3 is 1. The van der Waals surface area contributed by atoms with Crippen LogP contribution in [-0.4, -0.2) is 53.0 Å². The zero-order valence-corrected chi connectivity index (χ0v) is 7.91. The average Bonchev–Trinajstić information content (AvgIpc) is 2.19. The summed E-state index contributed by atoms with van der Waals surface area (Å²) in [5.74, 6) is -1.89. The Morgan fingerprint density at radius 2 is 2.20 bits per heavy atom. The minimum absolute atomic E-state index is 0.293. The van der Waals surface area contributed by atoms with Crippen LogP contribution < -0.4 is 0 Å². The molecule has 1 saturated heterocycles. The molecule has 6 nitrogen and oxygen atoms in total. The zero-order valence-electron chi connectivity index (χ0n) is 7.91. The van der Waals surface area contributed by atoms with E-state index in [-0.39, 0.29) is 5.78 Å². The van der Waals surface area contributed by atoms with Crippen molar-refractivity contribution in [1.29, 1.82) is 0 Å². The van der Waals surface area contributed by atoms with Crippen molar-refractivity contribution >= 4 is 17.7 Å². The van der Waals surface area contributed by atoms with Gasteiger partial charge in [-0.1, -0.05) is 0 Å². The maximum atomic E-state index is 11.4. The van der Waals surface area contributed by atoms with Crippen LogP contribution in [0.15, 0.2) is 12.2 Å². The summed E-state index contributed by atoms with van der Waals surface area (Å²) in [5, 5.41) is 8.83. The number of carbonyl (C=O) groups is 3. The van der Waals surface area contributed by atoms with Crippen LogP contribution in [0.25, 0.3) is 0 Å². The van der Waals surface area contributed by atoms with E-state index in [0.29, 0.717) is 0 Å². The Labute approximate surface area is 85.1 Å².